The van der Waals surface area contributed by atoms with Crippen molar-refractivity contribution in [3.05, 3.63) is 30.4 Å². The van der Waals surface area contributed by atoms with Crippen molar-refractivity contribution >= 4 is 18.1 Å². The molecule has 2 aromatic rings. The molecule has 0 aliphatic heterocycles. The molecule has 0 saturated heterocycles. The van der Waals surface area contributed by atoms with Crippen LogP contribution < -0.4 is 5.46 Å². The van der Waals surface area contributed by atoms with Gasteiger partial charge in [-0.25, -0.2) is 4.98 Å². The Kier molecular flexibility index (Phi) is 1.83. The topological polar surface area (TPSA) is 57.8 Å². The number of hydrogen-bond donors (Lipinski definition) is 2. The number of pyridine rings is 1. The first-order chi connectivity index (χ1) is 6.20. The van der Waals surface area contributed by atoms with Gasteiger partial charge in [0.05, 0.1) is 11.7 Å². The summed E-state index contributed by atoms with van der Waals surface area (Å²) in [6, 6.07) is 3.43. The fourth-order valence-corrected chi connectivity index (χ4v) is 1.39. The van der Waals surface area contributed by atoms with Crippen LogP contribution in [0.4, 0.5) is 0 Å². The van der Waals surface area contributed by atoms with E-state index in [1.165, 1.54) is 0 Å². The monoisotopic (exact) mass is 176 g/mol. The van der Waals surface area contributed by atoms with Gasteiger partial charge >= 0.3 is 7.12 Å². The van der Waals surface area contributed by atoms with Crippen LogP contribution in [0.2, 0.25) is 0 Å². The largest absolute Gasteiger partial charge is 0.490 e. The van der Waals surface area contributed by atoms with Gasteiger partial charge in [0.2, 0.25) is 0 Å². The SMILES string of the molecule is Cc1ncc2c(B(O)O)cccn12. The maximum atomic E-state index is 9.05. The van der Waals surface area contributed by atoms with E-state index in [4.69, 9.17) is 10.0 Å². The summed E-state index contributed by atoms with van der Waals surface area (Å²) < 4.78 is 1.81. The predicted molar refractivity (Wildman–Crippen MR) is 49.8 cm³/mol. The normalized spacial score (nSPS) is 10.7. The molecule has 13 heavy (non-hydrogen) atoms. The van der Waals surface area contributed by atoms with Crippen LogP contribution >= 0.6 is 0 Å². The second-order valence-corrected chi connectivity index (χ2v) is 2.90. The van der Waals surface area contributed by atoms with Crippen molar-refractivity contribution in [2.45, 2.75) is 6.92 Å². The lowest BCUT2D eigenvalue weighted by Gasteiger charge is -2.02. The molecule has 0 atom stereocenters. The van der Waals surface area contributed by atoms with Crippen molar-refractivity contribution < 1.29 is 10.0 Å². The minimum atomic E-state index is -1.44. The molecule has 2 N–H and O–H groups in total. The minimum Gasteiger partial charge on any atom is -0.423 e. The van der Waals surface area contributed by atoms with Crippen molar-refractivity contribution in [3.8, 4) is 0 Å². The Morgan fingerprint density at radius 3 is 2.92 bits per heavy atom. The van der Waals surface area contributed by atoms with E-state index in [1.54, 1.807) is 18.3 Å². The van der Waals surface area contributed by atoms with E-state index >= 15 is 0 Å². The molecule has 0 bridgehead atoms. The third kappa shape index (κ3) is 1.22. The number of fused-ring (bicyclic) bond motifs is 1. The molecule has 2 rings (SSSR count). The molecular formula is C8H9BN2O2. The van der Waals surface area contributed by atoms with Gasteiger partial charge in [0.25, 0.3) is 0 Å². The molecule has 0 radical (unpaired) electrons. The summed E-state index contributed by atoms with van der Waals surface area (Å²) in [4.78, 5) is 4.08. The van der Waals surface area contributed by atoms with Crippen molar-refractivity contribution in [1.82, 2.24) is 9.38 Å². The fourth-order valence-electron chi connectivity index (χ4n) is 1.39. The molecule has 2 aromatic heterocycles. The molecule has 0 saturated carbocycles. The first-order valence-electron chi connectivity index (χ1n) is 3.99. The van der Waals surface area contributed by atoms with Gasteiger partial charge in [-0.05, 0) is 13.0 Å². The highest BCUT2D eigenvalue weighted by Gasteiger charge is 2.15. The first-order valence-corrected chi connectivity index (χ1v) is 3.99. The van der Waals surface area contributed by atoms with Gasteiger partial charge in [0.1, 0.15) is 5.82 Å². The van der Waals surface area contributed by atoms with Crippen molar-refractivity contribution in [3.63, 3.8) is 0 Å². The fraction of sp³-hybridized carbons (Fsp3) is 0.125. The summed E-state index contributed by atoms with van der Waals surface area (Å²) in [5.41, 5.74) is 1.21. The quantitative estimate of drug-likeness (QED) is 0.566. The average Bonchev–Trinajstić information content (AvgIpc) is 2.48. The Labute approximate surface area is 75.6 Å². The third-order valence-corrected chi connectivity index (χ3v) is 2.07. The highest BCUT2D eigenvalue weighted by atomic mass is 16.4. The molecule has 2 heterocycles. The predicted octanol–water partition coefficient (Wildman–Crippen LogP) is -0.677. The van der Waals surface area contributed by atoms with E-state index in [2.05, 4.69) is 4.98 Å². The summed E-state index contributed by atoms with van der Waals surface area (Å²) >= 11 is 0. The zero-order chi connectivity index (χ0) is 9.42. The van der Waals surface area contributed by atoms with Gasteiger partial charge in [-0.3, -0.25) is 0 Å². The van der Waals surface area contributed by atoms with Gasteiger partial charge in [0.15, 0.2) is 0 Å². The molecule has 0 unspecified atom stereocenters. The second-order valence-electron chi connectivity index (χ2n) is 2.90. The lowest BCUT2D eigenvalue weighted by molar-refractivity contribution is 0.426. The molecule has 5 heteroatoms. The van der Waals surface area contributed by atoms with Crippen LogP contribution in [0.15, 0.2) is 24.5 Å². The number of nitrogens with zero attached hydrogens (tertiary/aromatic N) is 2. The van der Waals surface area contributed by atoms with Crippen LogP contribution in [-0.2, 0) is 0 Å². The molecule has 0 aliphatic rings. The van der Waals surface area contributed by atoms with Crippen LogP contribution in [0.25, 0.3) is 5.52 Å². The average molecular weight is 176 g/mol. The van der Waals surface area contributed by atoms with Crippen molar-refractivity contribution in [1.29, 1.82) is 0 Å². The minimum absolute atomic E-state index is 0.475. The molecule has 4 nitrogen and oxygen atoms in total. The Bertz CT molecular complexity index is 439. The molecule has 0 aliphatic carbocycles. The molecule has 0 amide bonds. The van der Waals surface area contributed by atoms with Gasteiger partial charge in [-0.2, -0.15) is 0 Å². The summed E-state index contributed by atoms with van der Waals surface area (Å²) in [5, 5.41) is 18.1. The second kappa shape index (κ2) is 2.87. The Balaban J connectivity index is 2.77. The van der Waals surface area contributed by atoms with Crippen LogP contribution in [-0.4, -0.2) is 26.6 Å². The van der Waals surface area contributed by atoms with Gasteiger partial charge in [-0.15, -0.1) is 0 Å². The van der Waals surface area contributed by atoms with Gasteiger partial charge in [0, 0.05) is 11.7 Å². The van der Waals surface area contributed by atoms with E-state index in [0.29, 0.717) is 5.46 Å². The number of aromatic nitrogens is 2. The maximum absolute atomic E-state index is 9.05. The summed E-state index contributed by atoms with van der Waals surface area (Å²) in [7, 11) is -1.44. The zero-order valence-corrected chi connectivity index (χ0v) is 7.18. The van der Waals surface area contributed by atoms with Crippen molar-refractivity contribution in [2.24, 2.45) is 0 Å². The lowest BCUT2D eigenvalue weighted by atomic mass is 9.80. The molecular weight excluding hydrogens is 167 g/mol. The standard InChI is InChI=1S/C8H9BN2O2/c1-6-10-5-8-7(9(12)13)3-2-4-11(6)8/h2-5,12-13H,1H3. The van der Waals surface area contributed by atoms with Gasteiger partial charge in [-0.1, -0.05) is 6.07 Å². The number of rotatable bonds is 1. The van der Waals surface area contributed by atoms with Crippen LogP contribution in [0.3, 0.4) is 0 Å². The van der Waals surface area contributed by atoms with Crippen LogP contribution in [0, 0.1) is 6.92 Å². The van der Waals surface area contributed by atoms with E-state index < -0.39 is 7.12 Å². The van der Waals surface area contributed by atoms with Gasteiger partial charge < -0.3 is 14.4 Å². The molecule has 0 spiro atoms. The summed E-state index contributed by atoms with van der Waals surface area (Å²) in [5.74, 6) is 0.831. The van der Waals surface area contributed by atoms with E-state index in [0.717, 1.165) is 11.3 Å². The highest BCUT2D eigenvalue weighted by Crippen LogP contribution is 2.03. The van der Waals surface area contributed by atoms with Crippen molar-refractivity contribution in [2.75, 3.05) is 0 Å². The number of hydrogen-bond acceptors (Lipinski definition) is 3. The third-order valence-electron chi connectivity index (χ3n) is 2.07. The zero-order valence-electron chi connectivity index (χ0n) is 7.18. The Morgan fingerprint density at radius 1 is 1.46 bits per heavy atom. The molecule has 0 fully saturated rings. The van der Waals surface area contributed by atoms with E-state index in [-0.39, 0.29) is 0 Å². The maximum Gasteiger partial charge on any atom is 0.490 e. The molecule has 66 valence electrons. The summed E-state index contributed by atoms with van der Waals surface area (Å²) in [6.45, 7) is 1.86. The van der Waals surface area contributed by atoms with Crippen LogP contribution in [0.1, 0.15) is 5.82 Å². The smallest absolute Gasteiger partial charge is 0.423 e. The molecule has 0 aromatic carbocycles. The lowest BCUT2D eigenvalue weighted by Crippen LogP contribution is -2.31. The van der Waals surface area contributed by atoms with E-state index in [9.17, 15) is 0 Å². The first kappa shape index (κ1) is 8.28. The van der Waals surface area contributed by atoms with Crippen LogP contribution in [0.5, 0.6) is 0 Å². The number of imidazole rings is 1. The Hall–Kier alpha value is -1.33. The summed E-state index contributed by atoms with van der Waals surface area (Å²) in [6.07, 6.45) is 3.47. The Morgan fingerprint density at radius 2 is 2.23 bits per heavy atom. The highest BCUT2D eigenvalue weighted by molar-refractivity contribution is 6.61. The van der Waals surface area contributed by atoms with E-state index in [1.807, 2.05) is 17.5 Å². The number of aryl methyl sites for hydroxylation is 1.